The number of thiophene rings is 1. The van der Waals surface area contributed by atoms with Gasteiger partial charge < -0.3 is 5.32 Å². The van der Waals surface area contributed by atoms with Crippen molar-refractivity contribution in [1.29, 1.82) is 0 Å². The van der Waals surface area contributed by atoms with Crippen LogP contribution in [-0.2, 0) is 6.42 Å². The summed E-state index contributed by atoms with van der Waals surface area (Å²) in [6, 6.07) is 9.13. The van der Waals surface area contributed by atoms with Crippen LogP contribution in [0.15, 0.2) is 29.6 Å². The number of hydrogen-bond donors (Lipinski definition) is 1. The van der Waals surface area contributed by atoms with Gasteiger partial charge in [-0.15, -0.1) is 11.3 Å². The molecule has 3 heteroatoms. The summed E-state index contributed by atoms with van der Waals surface area (Å²) in [5.41, 5.74) is 3.56. The summed E-state index contributed by atoms with van der Waals surface area (Å²) in [7, 11) is 0. The molecule has 1 N–H and O–H groups in total. The average molecular weight is 274 g/mol. The van der Waals surface area contributed by atoms with Crippen LogP contribution in [0.1, 0.15) is 41.2 Å². The van der Waals surface area contributed by atoms with E-state index < -0.39 is 0 Å². The molecule has 0 radical (unpaired) electrons. The number of hydrogen-bond acceptors (Lipinski definition) is 3. The predicted octanol–water partition coefficient (Wildman–Crippen LogP) is 4.04. The number of nitrogens with one attached hydrogen (secondary N) is 1. The molecule has 2 rings (SSSR count). The third kappa shape index (κ3) is 4.15. The lowest BCUT2D eigenvalue weighted by molar-refractivity contribution is 0.531. The summed E-state index contributed by atoms with van der Waals surface area (Å²) in [4.78, 5) is 5.90. The third-order valence-corrected chi connectivity index (χ3v) is 4.03. The molecular weight excluding hydrogens is 252 g/mol. The van der Waals surface area contributed by atoms with Crippen molar-refractivity contribution in [3.05, 3.63) is 51.5 Å². The summed E-state index contributed by atoms with van der Waals surface area (Å²) < 4.78 is 0. The standard InChI is InChI=1S/C16H22N2S/c1-4-7-17-16(11-15-6-5-8-19-15)14-9-12(2)18-13(3)10-14/h5-6,8-10,16-17H,4,7,11H2,1-3H3. The van der Waals surface area contributed by atoms with E-state index in [0.29, 0.717) is 6.04 Å². The van der Waals surface area contributed by atoms with Gasteiger partial charge in [0.2, 0.25) is 0 Å². The van der Waals surface area contributed by atoms with Gasteiger partial charge in [0.25, 0.3) is 0 Å². The molecule has 102 valence electrons. The second kappa shape index (κ2) is 6.83. The topological polar surface area (TPSA) is 24.9 Å². The van der Waals surface area contributed by atoms with Gasteiger partial charge in [0.15, 0.2) is 0 Å². The molecule has 0 aromatic carbocycles. The van der Waals surface area contributed by atoms with Gasteiger partial charge in [0.1, 0.15) is 0 Å². The lowest BCUT2D eigenvalue weighted by Crippen LogP contribution is -2.24. The highest BCUT2D eigenvalue weighted by Gasteiger charge is 2.13. The zero-order valence-corrected chi connectivity index (χ0v) is 12.8. The molecule has 2 nitrogen and oxygen atoms in total. The molecule has 0 fully saturated rings. The van der Waals surface area contributed by atoms with Crippen LogP contribution in [0.3, 0.4) is 0 Å². The van der Waals surface area contributed by atoms with Crippen LogP contribution in [0.2, 0.25) is 0 Å². The van der Waals surface area contributed by atoms with Crippen LogP contribution in [0.5, 0.6) is 0 Å². The SMILES string of the molecule is CCCNC(Cc1cccs1)c1cc(C)nc(C)c1. The summed E-state index contributed by atoms with van der Waals surface area (Å²) in [6.45, 7) is 7.39. The fourth-order valence-electron chi connectivity index (χ4n) is 2.32. The minimum absolute atomic E-state index is 0.388. The molecule has 2 aromatic rings. The molecule has 0 bridgehead atoms. The van der Waals surface area contributed by atoms with Gasteiger partial charge in [-0.1, -0.05) is 13.0 Å². The van der Waals surface area contributed by atoms with Gasteiger partial charge in [-0.25, -0.2) is 0 Å². The smallest absolute Gasteiger partial charge is 0.0379 e. The quantitative estimate of drug-likeness (QED) is 0.860. The maximum atomic E-state index is 4.47. The first-order valence-electron chi connectivity index (χ1n) is 6.90. The van der Waals surface area contributed by atoms with Crippen molar-refractivity contribution in [2.45, 2.75) is 39.7 Å². The van der Waals surface area contributed by atoms with Crippen LogP contribution in [0, 0.1) is 13.8 Å². The van der Waals surface area contributed by atoms with E-state index in [0.717, 1.165) is 30.8 Å². The Morgan fingerprint density at radius 3 is 2.58 bits per heavy atom. The monoisotopic (exact) mass is 274 g/mol. The fourth-order valence-corrected chi connectivity index (χ4v) is 3.08. The molecule has 1 atom stereocenters. The van der Waals surface area contributed by atoms with Crippen molar-refractivity contribution in [2.75, 3.05) is 6.54 Å². The Hall–Kier alpha value is -1.19. The summed E-state index contributed by atoms with van der Waals surface area (Å²) in [5.74, 6) is 0. The Kier molecular flexibility index (Phi) is 5.11. The molecule has 0 aliphatic rings. The first-order valence-corrected chi connectivity index (χ1v) is 7.78. The summed E-state index contributed by atoms with van der Waals surface area (Å²) in [6.07, 6.45) is 2.21. The van der Waals surface area contributed by atoms with Crippen molar-refractivity contribution in [3.63, 3.8) is 0 Å². The molecule has 0 spiro atoms. The maximum Gasteiger partial charge on any atom is 0.0379 e. The van der Waals surface area contributed by atoms with E-state index in [2.05, 4.69) is 60.7 Å². The van der Waals surface area contributed by atoms with Crippen molar-refractivity contribution in [3.8, 4) is 0 Å². The molecule has 0 amide bonds. The highest BCUT2D eigenvalue weighted by atomic mass is 32.1. The average Bonchev–Trinajstić information content (AvgIpc) is 2.86. The normalized spacial score (nSPS) is 12.6. The Labute approximate surface area is 119 Å². The number of aryl methyl sites for hydroxylation is 2. The fraction of sp³-hybridized carbons (Fsp3) is 0.438. The Morgan fingerprint density at radius 2 is 2.00 bits per heavy atom. The predicted molar refractivity (Wildman–Crippen MR) is 82.8 cm³/mol. The van der Waals surface area contributed by atoms with Crippen LogP contribution in [-0.4, -0.2) is 11.5 Å². The van der Waals surface area contributed by atoms with Gasteiger partial charge in [0.05, 0.1) is 0 Å². The molecule has 2 aromatic heterocycles. The van der Waals surface area contributed by atoms with E-state index in [1.165, 1.54) is 10.4 Å². The van der Waals surface area contributed by atoms with Crippen LogP contribution in [0.25, 0.3) is 0 Å². The van der Waals surface area contributed by atoms with Crippen LogP contribution in [0.4, 0.5) is 0 Å². The van der Waals surface area contributed by atoms with E-state index in [1.54, 1.807) is 0 Å². The highest BCUT2D eigenvalue weighted by Crippen LogP contribution is 2.22. The minimum Gasteiger partial charge on any atom is -0.310 e. The minimum atomic E-state index is 0.388. The highest BCUT2D eigenvalue weighted by molar-refractivity contribution is 7.09. The molecule has 0 saturated heterocycles. The molecule has 0 aliphatic heterocycles. The number of pyridine rings is 1. The second-order valence-electron chi connectivity index (χ2n) is 4.97. The first kappa shape index (κ1) is 14.2. The Morgan fingerprint density at radius 1 is 1.26 bits per heavy atom. The van der Waals surface area contributed by atoms with E-state index in [1.807, 2.05) is 11.3 Å². The molecule has 2 heterocycles. The largest absolute Gasteiger partial charge is 0.310 e. The van der Waals surface area contributed by atoms with Gasteiger partial charge >= 0.3 is 0 Å². The van der Waals surface area contributed by atoms with Crippen molar-refractivity contribution in [1.82, 2.24) is 10.3 Å². The summed E-state index contributed by atoms with van der Waals surface area (Å²) in [5, 5.41) is 5.81. The molecule has 19 heavy (non-hydrogen) atoms. The van der Waals surface area contributed by atoms with Gasteiger partial charge in [-0.05, 0) is 56.0 Å². The number of aromatic nitrogens is 1. The third-order valence-electron chi connectivity index (χ3n) is 3.13. The van der Waals surface area contributed by atoms with Gasteiger partial charge in [-0.3, -0.25) is 4.98 Å². The zero-order chi connectivity index (χ0) is 13.7. The molecular formula is C16H22N2S. The van der Waals surface area contributed by atoms with E-state index in [-0.39, 0.29) is 0 Å². The Balaban J connectivity index is 2.20. The lowest BCUT2D eigenvalue weighted by atomic mass is 10.0. The van der Waals surface area contributed by atoms with Crippen LogP contribution >= 0.6 is 11.3 Å². The van der Waals surface area contributed by atoms with E-state index in [4.69, 9.17) is 0 Å². The Bertz CT molecular complexity index is 485. The molecule has 0 saturated carbocycles. The number of nitrogens with zero attached hydrogens (tertiary/aromatic N) is 1. The second-order valence-corrected chi connectivity index (χ2v) is 6.01. The molecule has 1 unspecified atom stereocenters. The van der Waals surface area contributed by atoms with E-state index >= 15 is 0 Å². The first-order chi connectivity index (χ1) is 9.19. The molecule has 0 aliphatic carbocycles. The maximum absolute atomic E-state index is 4.47. The van der Waals surface area contributed by atoms with E-state index in [9.17, 15) is 0 Å². The number of rotatable bonds is 6. The lowest BCUT2D eigenvalue weighted by Gasteiger charge is -2.19. The van der Waals surface area contributed by atoms with Crippen molar-refractivity contribution < 1.29 is 0 Å². The zero-order valence-electron chi connectivity index (χ0n) is 11.9. The van der Waals surface area contributed by atoms with Gasteiger partial charge in [-0.2, -0.15) is 0 Å². The van der Waals surface area contributed by atoms with Crippen molar-refractivity contribution >= 4 is 11.3 Å². The van der Waals surface area contributed by atoms with Gasteiger partial charge in [0, 0.05) is 28.7 Å². The van der Waals surface area contributed by atoms with Crippen LogP contribution < -0.4 is 5.32 Å². The van der Waals surface area contributed by atoms with Crippen molar-refractivity contribution in [2.24, 2.45) is 0 Å². The summed E-state index contributed by atoms with van der Waals surface area (Å²) >= 11 is 1.83.